The molecule has 15 heavy (non-hydrogen) atoms. The third-order valence-corrected chi connectivity index (χ3v) is 2.88. The smallest absolute Gasteiger partial charge is 0.132 e. The molecule has 1 aromatic heterocycles. The number of aromatic nitrogens is 2. The van der Waals surface area contributed by atoms with Crippen molar-refractivity contribution in [1.82, 2.24) is 9.78 Å². The fraction of sp³-hybridized carbons (Fsp3) is 0.100. The zero-order valence-electron chi connectivity index (χ0n) is 8.04. The Morgan fingerprint density at radius 2 is 2.20 bits per heavy atom. The summed E-state index contributed by atoms with van der Waals surface area (Å²) < 4.78 is 15.8. The van der Waals surface area contributed by atoms with Gasteiger partial charge in [-0.1, -0.05) is 22.0 Å². The lowest BCUT2D eigenvalue weighted by Gasteiger charge is -2.04. The van der Waals surface area contributed by atoms with E-state index in [2.05, 4.69) is 21.0 Å². The Hall–Kier alpha value is -1.36. The van der Waals surface area contributed by atoms with Crippen molar-refractivity contribution in [3.05, 3.63) is 34.7 Å². The van der Waals surface area contributed by atoms with E-state index >= 15 is 0 Å². The molecule has 0 aliphatic rings. The van der Waals surface area contributed by atoms with E-state index in [-0.39, 0.29) is 5.82 Å². The summed E-state index contributed by atoms with van der Waals surface area (Å²) >= 11 is 3.29. The van der Waals surface area contributed by atoms with Crippen LogP contribution in [0.2, 0.25) is 0 Å². The van der Waals surface area contributed by atoms with Crippen LogP contribution in [0.3, 0.4) is 0 Å². The molecular formula is C10H9BrFN3. The van der Waals surface area contributed by atoms with Crippen molar-refractivity contribution in [3.63, 3.8) is 0 Å². The zero-order valence-corrected chi connectivity index (χ0v) is 9.62. The molecule has 0 aliphatic heterocycles. The standard InChI is InChI=1S/C10H9BrFN3/c1-15-10(13)6(5-14-15)9-7(11)3-2-4-8(9)12/h2-5H,13H2,1H3. The van der Waals surface area contributed by atoms with Crippen LogP contribution in [-0.4, -0.2) is 9.78 Å². The number of hydrogen-bond acceptors (Lipinski definition) is 2. The van der Waals surface area contributed by atoms with Crippen LogP contribution in [0, 0.1) is 5.82 Å². The summed E-state index contributed by atoms with van der Waals surface area (Å²) in [4.78, 5) is 0. The third-order valence-electron chi connectivity index (χ3n) is 2.22. The van der Waals surface area contributed by atoms with Gasteiger partial charge in [-0.2, -0.15) is 5.10 Å². The summed E-state index contributed by atoms with van der Waals surface area (Å²) in [6.45, 7) is 0. The predicted molar refractivity (Wildman–Crippen MR) is 60.7 cm³/mol. The van der Waals surface area contributed by atoms with E-state index in [1.165, 1.54) is 10.7 Å². The van der Waals surface area contributed by atoms with Crippen molar-refractivity contribution in [2.24, 2.45) is 7.05 Å². The van der Waals surface area contributed by atoms with Crippen LogP contribution in [0.25, 0.3) is 11.1 Å². The van der Waals surface area contributed by atoms with E-state index in [1.54, 1.807) is 25.4 Å². The van der Waals surface area contributed by atoms with Crippen LogP contribution in [0.5, 0.6) is 0 Å². The minimum Gasteiger partial charge on any atom is -0.383 e. The van der Waals surface area contributed by atoms with E-state index in [1.807, 2.05) is 0 Å². The third kappa shape index (κ3) is 1.63. The average molecular weight is 270 g/mol. The maximum Gasteiger partial charge on any atom is 0.132 e. The Balaban J connectivity index is 2.69. The molecule has 0 aliphatic carbocycles. The highest BCUT2D eigenvalue weighted by Crippen LogP contribution is 2.33. The monoisotopic (exact) mass is 269 g/mol. The molecule has 78 valence electrons. The summed E-state index contributed by atoms with van der Waals surface area (Å²) in [5.41, 5.74) is 6.83. The first kappa shape index (κ1) is 10.2. The molecule has 0 bridgehead atoms. The van der Waals surface area contributed by atoms with Crippen molar-refractivity contribution in [2.75, 3.05) is 5.73 Å². The molecule has 3 nitrogen and oxygen atoms in total. The number of aryl methyl sites for hydroxylation is 1. The Morgan fingerprint density at radius 3 is 2.73 bits per heavy atom. The molecule has 0 amide bonds. The van der Waals surface area contributed by atoms with Gasteiger partial charge >= 0.3 is 0 Å². The lowest BCUT2D eigenvalue weighted by Crippen LogP contribution is -1.98. The molecule has 1 heterocycles. The van der Waals surface area contributed by atoms with Gasteiger partial charge in [0.15, 0.2) is 0 Å². The highest BCUT2D eigenvalue weighted by atomic mass is 79.9. The average Bonchev–Trinajstić information content (AvgIpc) is 2.49. The zero-order chi connectivity index (χ0) is 11.0. The summed E-state index contributed by atoms with van der Waals surface area (Å²) in [5, 5.41) is 3.98. The predicted octanol–water partition coefficient (Wildman–Crippen LogP) is 2.57. The van der Waals surface area contributed by atoms with E-state index in [4.69, 9.17) is 5.73 Å². The molecule has 2 rings (SSSR count). The van der Waals surface area contributed by atoms with Crippen molar-refractivity contribution in [1.29, 1.82) is 0 Å². The molecule has 1 aromatic carbocycles. The quantitative estimate of drug-likeness (QED) is 0.865. The molecule has 0 atom stereocenters. The summed E-state index contributed by atoms with van der Waals surface area (Å²) in [5.74, 6) is 0.130. The van der Waals surface area contributed by atoms with Crippen LogP contribution < -0.4 is 5.73 Å². The van der Waals surface area contributed by atoms with Crippen LogP contribution in [0.4, 0.5) is 10.2 Å². The van der Waals surface area contributed by atoms with Crippen LogP contribution in [-0.2, 0) is 7.05 Å². The highest BCUT2D eigenvalue weighted by Gasteiger charge is 2.14. The number of nitrogen functional groups attached to an aromatic ring is 1. The van der Waals surface area contributed by atoms with E-state index in [0.717, 1.165) is 0 Å². The second kappa shape index (κ2) is 3.66. The molecule has 0 saturated heterocycles. The Bertz CT molecular complexity index is 487. The molecule has 5 heteroatoms. The second-order valence-electron chi connectivity index (χ2n) is 3.16. The van der Waals surface area contributed by atoms with Gasteiger partial charge in [-0.15, -0.1) is 0 Å². The first-order valence-corrected chi connectivity index (χ1v) is 5.12. The second-order valence-corrected chi connectivity index (χ2v) is 4.02. The van der Waals surface area contributed by atoms with Gasteiger partial charge in [0.05, 0.1) is 6.20 Å². The number of anilines is 1. The number of hydrogen-bond donors (Lipinski definition) is 1. The number of nitrogens with two attached hydrogens (primary N) is 1. The molecule has 0 saturated carbocycles. The van der Waals surface area contributed by atoms with Gasteiger partial charge in [-0.05, 0) is 12.1 Å². The molecule has 0 spiro atoms. The van der Waals surface area contributed by atoms with Gasteiger partial charge in [0.2, 0.25) is 0 Å². The maximum absolute atomic E-state index is 13.6. The lowest BCUT2D eigenvalue weighted by atomic mass is 10.1. The molecule has 0 radical (unpaired) electrons. The fourth-order valence-electron chi connectivity index (χ4n) is 1.39. The molecule has 0 fully saturated rings. The van der Waals surface area contributed by atoms with Gasteiger partial charge in [0.25, 0.3) is 0 Å². The largest absolute Gasteiger partial charge is 0.383 e. The summed E-state index contributed by atoms with van der Waals surface area (Å²) in [7, 11) is 1.72. The van der Waals surface area contributed by atoms with Crippen molar-refractivity contribution in [2.45, 2.75) is 0 Å². The molecule has 2 aromatic rings. The van der Waals surface area contributed by atoms with Crippen molar-refractivity contribution < 1.29 is 4.39 Å². The minimum atomic E-state index is -0.316. The van der Waals surface area contributed by atoms with Gasteiger partial charge in [-0.3, -0.25) is 4.68 Å². The minimum absolute atomic E-state index is 0.316. The highest BCUT2D eigenvalue weighted by molar-refractivity contribution is 9.10. The fourth-order valence-corrected chi connectivity index (χ4v) is 1.95. The van der Waals surface area contributed by atoms with Crippen LogP contribution >= 0.6 is 15.9 Å². The Morgan fingerprint density at radius 1 is 1.47 bits per heavy atom. The van der Waals surface area contributed by atoms with E-state index in [9.17, 15) is 4.39 Å². The molecule has 2 N–H and O–H groups in total. The SMILES string of the molecule is Cn1ncc(-c2c(F)cccc2Br)c1N. The number of nitrogens with zero attached hydrogens (tertiary/aromatic N) is 2. The van der Waals surface area contributed by atoms with Crippen LogP contribution in [0.15, 0.2) is 28.9 Å². The number of benzene rings is 1. The van der Waals surface area contributed by atoms with E-state index in [0.29, 0.717) is 21.4 Å². The Labute approximate surface area is 94.8 Å². The van der Waals surface area contributed by atoms with Gasteiger partial charge in [0.1, 0.15) is 11.6 Å². The van der Waals surface area contributed by atoms with E-state index < -0.39 is 0 Å². The van der Waals surface area contributed by atoms with Gasteiger partial charge < -0.3 is 5.73 Å². The van der Waals surface area contributed by atoms with Gasteiger partial charge in [-0.25, -0.2) is 4.39 Å². The first-order valence-electron chi connectivity index (χ1n) is 4.33. The summed E-state index contributed by atoms with van der Waals surface area (Å²) in [6, 6.07) is 4.80. The van der Waals surface area contributed by atoms with Crippen molar-refractivity contribution in [3.8, 4) is 11.1 Å². The number of halogens is 2. The van der Waals surface area contributed by atoms with Gasteiger partial charge in [0, 0.05) is 22.6 Å². The Kier molecular flexibility index (Phi) is 2.48. The van der Waals surface area contributed by atoms with Crippen LogP contribution in [0.1, 0.15) is 0 Å². The lowest BCUT2D eigenvalue weighted by molar-refractivity contribution is 0.630. The first-order chi connectivity index (χ1) is 7.11. The van der Waals surface area contributed by atoms with Crippen molar-refractivity contribution >= 4 is 21.7 Å². The molecular weight excluding hydrogens is 261 g/mol. The number of rotatable bonds is 1. The molecule has 0 unspecified atom stereocenters. The summed E-state index contributed by atoms with van der Waals surface area (Å²) in [6.07, 6.45) is 1.55. The normalized spacial score (nSPS) is 10.6. The topological polar surface area (TPSA) is 43.8 Å². The maximum atomic E-state index is 13.6.